The Hall–Kier alpha value is -1.03. The van der Waals surface area contributed by atoms with Crippen molar-refractivity contribution in [2.45, 2.75) is 25.7 Å². The molecule has 3 nitrogen and oxygen atoms in total. The molecule has 0 saturated heterocycles. The molecule has 0 aliphatic carbocycles. The van der Waals surface area contributed by atoms with Crippen molar-refractivity contribution >= 4 is 12.6 Å². The van der Waals surface area contributed by atoms with Crippen molar-refractivity contribution in [2.75, 3.05) is 26.6 Å². The minimum absolute atomic E-state index is 0.684. The van der Waals surface area contributed by atoms with Gasteiger partial charge in [-0.2, -0.15) is 12.6 Å². The minimum Gasteiger partial charge on any atom is -0.493 e. The van der Waals surface area contributed by atoms with E-state index in [2.05, 4.69) is 12.6 Å². The van der Waals surface area contributed by atoms with Crippen LogP contribution in [0.4, 0.5) is 0 Å². The summed E-state index contributed by atoms with van der Waals surface area (Å²) >= 11 is 4.19. The zero-order chi connectivity index (χ0) is 13.2. The van der Waals surface area contributed by atoms with Crippen LogP contribution in [0, 0.1) is 0 Å². The Balaban J connectivity index is 2.45. The molecular formula is C14H22O3S. The summed E-state index contributed by atoms with van der Waals surface area (Å²) in [5.41, 5.74) is 0. The van der Waals surface area contributed by atoms with Crippen LogP contribution in [-0.4, -0.2) is 26.6 Å². The van der Waals surface area contributed by atoms with E-state index in [4.69, 9.17) is 14.2 Å². The normalized spacial score (nSPS) is 10.2. The Kier molecular flexibility index (Phi) is 7.49. The molecule has 0 aliphatic heterocycles. The number of thiol groups is 1. The van der Waals surface area contributed by atoms with Gasteiger partial charge in [-0.1, -0.05) is 18.9 Å². The largest absolute Gasteiger partial charge is 0.493 e. The van der Waals surface area contributed by atoms with E-state index in [9.17, 15) is 0 Å². The fourth-order valence-corrected chi connectivity index (χ4v) is 1.92. The first-order valence-electron chi connectivity index (χ1n) is 6.28. The number of hydrogen-bond acceptors (Lipinski definition) is 4. The molecule has 1 aromatic carbocycles. The van der Waals surface area contributed by atoms with Crippen LogP contribution < -0.4 is 14.2 Å². The van der Waals surface area contributed by atoms with Crippen LogP contribution >= 0.6 is 12.6 Å². The maximum Gasteiger partial charge on any atom is 0.203 e. The van der Waals surface area contributed by atoms with Crippen LogP contribution in [0.3, 0.4) is 0 Å². The Bertz CT molecular complexity index is 320. The summed E-state index contributed by atoms with van der Waals surface area (Å²) in [5, 5.41) is 0. The van der Waals surface area contributed by atoms with E-state index in [-0.39, 0.29) is 0 Å². The summed E-state index contributed by atoms with van der Waals surface area (Å²) in [6, 6.07) is 5.63. The average molecular weight is 270 g/mol. The number of methoxy groups -OCH3 is 2. The van der Waals surface area contributed by atoms with Gasteiger partial charge >= 0.3 is 0 Å². The van der Waals surface area contributed by atoms with Gasteiger partial charge in [-0.15, -0.1) is 0 Å². The van der Waals surface area contributed by atoms with Gasteiger partial charge < -0.3 is 14.2 Å². The van der Waals surface area contributed by atoms with Gasteiger partial charge in [-0.05, 0) is 30.7 Å². The number of hydrogen-bond donors (Lipinski definition) is 1. The van der Waals surface area contributed by atoms with Crippen LogP contribution in [0.1, 0.15) is 25.7 Å². The van der Waals surface area contributed by atoms with Gasteiger partial charge in [0.15, 0.2) is 11.5 Å². The highest BCUT2D eigenvalue weighted by Crippen LogP contribution is 2.36. The molecule has 0 heterocycles. The van der Waals surface area contributed by atoms with Gasteiger partial charge in [0.05, 0.1) is 20.8 Å². The molecule has 0 aliphatic rings. The van der Waals surface area contributed by atoms with E-state index >= 15 is 0 Å². The quantitative estimate of drug-likeness (QED) is 0.549. The molecule has 0 aromatic heterocycles. The molecule has 0 amide bonds. The third-order valence-electron chi connectivity index (χ3n) is 2.68. The lowest BCUT2D eigenvalue weighted by molar-refractivity contribution is 0.267. The highest BCUT2D eigenvalue weighted by molar-refractivity contribution is 7.80. The molecule has 0 bridgehead atoms. The van der Waals surface area contributed by atoms with Crippen molar-refractivity contribution in [3.8, 4) is 17.2 Å². The lowest BCUT2D eigenvalue weighted by Gasteiger charge is -2.13. The van der Waals surface area contributed by atoms with Gasteiger partial charge in [0.2, 0.25) is 5.75 Å². The van der Waals surface area contributed by atoms with Crippen LogP contribution in [-0.2, 0) is 0 Å². The average Bonchev–Trinajstić information content (AvgIpc) is 2.42. The molecule has 1 rings (SSSR count). The van der Waals surface area contributed by atoms with Crippen molar-refractivity contribution in [1.29, 1.82) is 0 Å². The molecular weight excluding hydrogens is 248 g/mol. The first kappa shape index (κ1) is 15.0. The zero-order valence-corrected chi connectivity index (χ0v) is 12.0. The van der Waals surface area contributed by atoms with Crippen molar-refractivity contribution in [1.82, 2.24) is 0 Å². The molecule has 0 atom stereocenters. The highest BCUT2D eigenvalue weighted by atomic mass is 32.1. The second kappa shape index (κ2) is 8.97. The Labute approximate surface area is 115 Å². The van der Waals surface area contributed by atoms with Crippen molar-refractivity contribution in [2.24, 2.45) is 0 Å². The van der Waals surface area contributed by atoms with Gasteiger partial charge in [0.25, 0.3) is 0 Å². The number of ether oxygens (including phenoxy) is 3. The van der Waals surface area contributed by atoms with E-state index in [1.807, 2.05) is 18.2 Å². The van der Waals surface area contributed by atoms with Crippen LogP contribution in [0.15, 0.2) is 18.2 Å². The fraction of sp³-hybridized carbons (Fsp3) is 0.571. The second-order valence-electron chi connectivity index (χ2n) is 3.98. The first-order chi connectivity index (χ1) is 8.83. The second-order valence-corrected chi connectivity index (χ2v) is 4.43. The number of para-hydroxylation sites is 1. The third kappa shape index (κ3) is 4.69. The highest BCUT2D eigenvalue weighted by Gasteiger charge is 2.10. The van der Waals surface area contributed by atoms with E-state index in [0.717, 1.165) is 18.6 Å². The summed E-state index contributed by atoms with van der Waals surface area (Å²) < 4.78 is 16.3. The van der Waals surface area contributed by atoms with Gasteiger partial charge in [0, 0.05) is 0 Å². The smallest absolute Gasteiger partial charge is 0.203 e. The van der Waals surface area contributed by atoms with E-state index in [1.165, 1.54) is 12.8 Å². The molecule has 4 heteroatoms. The molecule has 0 N–H and O–H groups in total. The van der Waals surface area contributed by atoms with Crippen molar-refractivity contribution in [3.05, 3.63) is 18.2 Å². The maximum absolute atomic E-state index is 5.76. The van der Waals surface area contributed by atoms with E-state index in [0.29, 0.717) is 23.9 Å². The van der Waals surface area contributed by atoms with Crippen LogP contribution in [0.5, 0.6) is 17.2 Å². The monoisotopic (exact) mass is 270 g/mol. The third-order valence-corrected chi connectivity index (χ3v) is 3.00. The Morgan fingerprint density at radius 3 is 2.11 bits per heavy atom. The van der Waals surface area contributed by atoms with Gasteiger partial charge in [-0.25, -0.2) is 0 Å². The molecule has 0 fully saturated rings. The summed E-state index contributed by atoms with van der Waals surface area (Å²) in [6.45, 7) is 0.684. The van der Waals surface area contributed by atoms with E-state index in [1.54, 1.807) is 14.2 Å². The fourth-order valence-electron chi connectivity index (χ4n) is 1.70. The minimum atomic E-state index is 0.684. The number of unbranched alkanes of at least 4 members (excludes halogenated alkanes) is 3. The standard InChI is InChI=1S/C14H22O3S/c1-15-12-8-7-9-13(16-2)14(12)17-10-5-3-4-6-11-18/h7-9,18H,3-6,10-11H2,1-2H3. The lowest BCUT2D eigenvalue weighted by atomic mass is 10.2. The molecule has 0 spiro atoms. The Morgan fingerprint density at radius 2 is 1.56 bits per heavy atom. The molecule has 102 valence electrons. The summed E-state index contributed by atoms with van der Waals surface area (Å²) in [7, 11) is 3.27. The maximum atomic E-state index is 5.76. The SMILES string of the molecule is COc1cccc(OC)c1OCCCCCCS. The summed E-state index contributed by atoms with van der Waals surface area (Å²) in [4.78, 5) is 0. The predicted molar refractivity (Wildman–Crippen MR) is 77.4 cm³/mol. The summed E-state index contributed by atoms with van der Waals surface area (Å²) in [5.74, 6) is 3.08. The van der Waals surface area contributed by atoms with E-state index < -0.39 is 0 Å². The Morgan fingerprint density at radius 1 is 0.944 bits per heavy atom. The summed E-state index contributed by atoms with van der Waals surface area (Å²) in [6.07, 6.45) is 4.57. The molecule has 0 radical (unpaired) electrons. The first-order valence-corrected chi connectivity index (χ1v) is 6.91. The molecule has 0 unspecified atom stereocenters. The molecule has 1 aromatic rings. The molecule has 0 saturated carbocycles. The predicted octanol–water partition coefficient (Wildman–Crippen LogP) is 3.57. The number of benzene rings is 1. The lowest BCUT2D eigenvalue weighted by Crippen LogP contribution is -2.01. The number of rotatable bonds is 9. The topological polar surface area (TPSA) is 27.7 Å². The van der Waals surface area contributed by atoms with Crippen molar-refractivity contribution < 1.29 is 14.2 Å². The van der Waals surface area contributed by atoms with Gasteiger partial charge in [-0.3, -0.25) is 0 Å². The van der Waals surface area contributed by atoms with Crippen LogP contribution in [0.25, 0.3) is 0 Å². The van der Waals surface area contributed by atoms with Gasteiger partial charge in [0.1, 0.15) is 0 Å². The van der Waals surface area contributed by atoms with Crippen LogP contribution in [0.2, 0.25) is 0 Å². The zero-order valence-electron chi connectivity index (χ0n) is 11.1. The molecule has 18 heavy (non-hydrogen) atoms. The van der Waals surface area contributed by atoms with Crippen molar-refractivity contribution in [3.63, 3.8) is 0 Å².